The van der Waals surface area contributed by atoms with Crippen LogP contribution in [0.4, 0.5) is 10.3 Å². The zero-order chi connectivity index (χ0) is 21.8. The molecule has 0 N–H and O–H groups in total. The second-order valence-electron chi connectivity index (χ2n) is 7.42. The smallest absolute Gasteiger partial charge is 0.233 e. The van der Waals surface area contributed by atoms with Crippen LogP contribution in [0, 0.1) is 5.82 Å². The number of aromatic nitrogens is 3. The molecule has 31 heavy (non-hydrogen) atoms. The van der Waals surface area contributed by atoms with Crippen LogP contribution in [0.25, 0.3) is 5.69 Å². The van der Waals surface area contributed by atoms with E-state index < -0.39 is 0 Å². The fraction of sp³-hybridized carbons (Fsp3) is 0.318. The summed E-state index contributed by atoms with van der Waals surface area (Å²) in [6.07, 6.45) is 2.23. The molecule has 1 saturated heterocycles. The van der Waals surface area contributed by atoms with Crippen LogP contribution < -0.4 is 4.90 Å². The van der Waals surface area contributed by atoms with Crippen LogP contribution in [0.5, 0.6) is 0 Å². The summed E-state index contributed by atoms with van der Waals surface area (Å²) in [6, 6.07) is 14.0. The van der Waals surface area contributed by atoms with Crippen molar-refractivity contribution in [3.05, 3.63) is 64.9 Å². The number of hydrogen-bond acceptors (Lipinski definition) is 5. The molecule has 9 heteroatoms. The van der Waals surface area contributed by atoms with Gasteiger partial charge in [0.15, 0.2) is 5.16 Å². The first-order chi connectivity index (χ1) is 15.0. The van der Waals surface area contributed by atoms with Gasteiger partial charge in [-0.2, -0.15) is 0 Å². The minimum absolute atomic E-state index is 0.114. The highest BCUT2D eigenvalue weighted by Crippen LogP contribution is 2.29. The maximum Gasteiger partial charge on any atom is 0.233 e. The molecule has 1 aliphatic heterocycles. The monoisotopic (exact) mass is 459 g/mol. The molecule has 1 fully saturated rings. The van der Waals surface area contributed by atoms with E-state index in [9.17, 15) is 9.18 Å². The predicted octanol–water partition coefficient (Wildman–Crippen LogP) is 4.41. The standard InChI is InChI=1S/C22H23ClFN5OS/c1-27(14-16-7-2-3-10-19(16)24)20(30)15-31-22-26-25-21(28-11-4-5-12-28)29(22)18-9-6-8-17(23)13-18/h2-3,6-10,13H,4-5,11-12,14-15H2,1H3. The van der Waals surface area contributed by atoms with Crippen molar-refractivity contribution in [3.63, 3.8) is 0 Å². The molecule has 0 atom stereocenters. The van der Waals surface area contributed by atoms with Crippen molar-refractivity contribution >= 4 is 35.2 Å². The largest absolute Gasteiger partial charge is 0.341 e. The van der Waals surface area contributed by atoms with Gasteiger partial charge in [0.05, 0.1) is 11.4 Å². The summed E-state index contributed by atoms with van der Waals surface area (Å²) in [5.41, 5.74) is 1.34. The minimum atomic E-state index is -0.314. The van der Waals surface area contributed by atoms with Crippen molar-refractivity contribution in [2.75, 3.05) is 30.8 Å². The lowest BCUT2D eigenvalue weighted by atomic mass is 10.2. The number of thioether (sulfide) groups is 1. The Hall–Kier alpha value is -2.58. The summed E-state index contributed by atoms with van der Waals surface area (Å²) >= 11 is 7.53. The molecule has 1 aromatic heterocycles. The molecule has 1 aliphatic rings. The van der Waals surface area contributed by atoms with Gasteiger partial charge >= 0.3 is 0 Å². The second kappa shape index (κ2) is 9.70. The van der Waals surface area contributed by atoms with E-state index in [1.807, 2.05) is 28.8 Å². The van der Waals surface area contributed by atoms with Crippen LogP contribution in [0.1, 0.15) is 18.4 Å². The van der Waals surface area contributed by atoms with E-state index in [0.29, 0.717) is 15.7 Å². The number of amides is 1. The Morgan fingerprint density at radius 2 is 1.94 bits per heavy atom. The van der Waals surface area contributed by atoms with Crippen molar-refractivity contribution in [2.45, 2.75) is 24.5 Å². The van der Waals surface area contributed by atoms with Gasteiger partial charge in [0, 0.05) is 37.3 Å². The molecule has 0 bridgehead atoms. The van der Waals surface area contributed by atoms with E-state index in [1.54, 1.807) is 25.2 Å². The number of rotatable bonds is 7. The Labute approximate surface area is 190 Å². The lowest BCUT2D eigenvalue weighted by Gasteiger charge is -2.19. The summed E-state index contributed by atoms with van der Waals surface area (Å²) in [5, 5.41) is 10.0. The molecule has 0 aliphatic carbocycles. The molecule has 0 unspecified atom stereocenters. The first kappa shape index (κ1) is 21.6. The fourth-order valence-electron chi connectivity index (χ4n) is 3.53. The molecule has 162 valence electrons. The maximum absolute atomic E-state index is 13.9. The van der Waals surface area contributed by atoms with Crippen LogP contribution in [-0.2, 0) is 11.3 Å². The molecule has 6 nitrogen and oxygen atoms in total. The lowest BCUT2D eigenvalue weighted by Crippen LogP contribution is -2.28. The number of nitrogens with zero attached hydrogens (tertiary/aromatic N) is 5. The highest BCUT2D eigenvalue weighted by atomic mass is 35.5. The van der Waals surface area contributed by atoms with Crippen LogP contribution in [0.2, 0.25) is 5.02 Å². The molecule has 3 aromatic rings. The molecular weight excluding hydrogens is 437 g/mol. The van der Waals surface area contributed by atoms with E-state index in [-0.39, 0.29) is 24.0 Å². The molecule has 4 rings (SSSR count). The molecule has 2 aromatic carbocycles. The predicted molar refractivity (Wildman–Crippen MR) is 121 cm³/mol. The molecule has 0 spiro atoms. The summed E-state index contributed by atoms with van der Waals surface area (Å²) < 4.78 is 15.9. The molecular formula is C22H23ClFN5OS. The van der Waals surface area contributed by atoms with Gasteiger partial charge in [-0.05, 0) is 37.1 Å². The zero-order valence-electron chi connectivity index (χ0n) is 17.2. The molecule has 0 saturated carbocycles. The first-order valence-electron chi connectivity index (χ1n) is 10.1. The van der Waals surface area contributed by atoms with E-state index in [1.165, 1.54) is 22.7 Å². The first-order valence-corrected chi connectivity index (χ1v) is 11.5. The van der Waals surface area contributed by atoms with Crippen molar-refractivity contribution in [1.82, 2.24) is 19.7 Å². The van der Waals surface area contributed by atoms with Crippen molar-refractivity contribution < 1.29 is 9.18 Å². The van der Waals surface area contributed by atoms with Crippen LogP contribution >= 0.6 is 23.4 Å². The summed E-state index contributed by atoms with van der Waals surface area (Å²) in [7, 11) is 1.67. The number of carbonyl (C=O) groups excluding carboxylic acids is 1. The SMILES string of the molecule is CN(Cc1ccccc1F)C(=O)CSc1nnc(N2CCCC2)n1-c1cccc(Cl)c1. The van der Waals surface area contributed by atoms with Gasteiger partial charge in [0.2, 0.25) is 11.9 Å². The van der Waals surface area contributed by atoms with Gasteiger partial charge in [0.1, 0.15) is 5.82 Å². The summed E-state index contributed by atoms with van der Waals surface area (Å²) in [6.45, 7) is 2.06. The number of halogens is 2. The number of carbonyl (C=O) groups is 1. The summed E-state index contributed by atoms with van der Waals surface area (Å²) in [5.74, 6) is 0.501. The van der Waals surface area contributed by atoms with Crippen LogP contribution in [0.3, 0.4) is 0 Å². The Kier molecular flexibility index (Phi) is 6.77. The van der Waals surface area contributed by atoms with E-state index in [2.05, 4.69) is 15.1 Å². The van der Waals surface area contributed by atoms with E-state index in [0.717, 1.165) is 37.6 Å². The van der Waals surface area contributed by atoms with Gasteiger partial charge in [0.25, 0.3) is 0 Å². The fourth-order valence-corrected chi connectivity index (χ4v) is 4.60. The number of hydrogen-bond donors (Lipinski definition) is 0. The normalized spacial score (nSPS) is 13.6. The highest BCUT2D eigenvalue weighted by molar-refractivity contribution is 7.99. The van der Waals surface area contributed by atoms with Gasteiger partial charge < -0.3 is 9.80 Å². The van der Waals surface area contributed by atoms with Gasteiger partial charge in [-0.25, -0.2) is 4.39 Å². The third kappa shape index (κ3) is 5.02. The molecule has 2 heterocycles. The Morgan fingerprint density at radius 3 is 2.68 bits per heavy atom. The van der Waals surface area contributed by atoms with Gasteiger partial charge in [-0.1, -0.05) is 47.6 Å². The topological polar surface area (TPSA) is 54.3 Å². The Bertz CT molecular complexity index is 1070. The minimum Gasteiger partial charge on any atom is -0.341 e. The maximum atomic E-state index is 13.9. The quantitative estimate of drug-likeness (QED) is 0.490. The lowest BCUT2D eigenvalue weighted by molar-refractivity contribution is -0.127. The average molecular weight is 460 g/mol. The van der Waals surface area contributed by atoms with Crippen molar-refractivity contribution in [2.24, 2.45) is 0 Å². The average Bonchev–Trinajstić information content (AvgIpc) is 3.43. The summed E-state index contributed by atoms with van der Waals surface area (Å²) in [4.78, 5) is 16.4. The molecule has 1 amide bonds. The van der Waals surface area contributed by atoms with E-state index in [4.69, 9.17) is 11.6 Å². The van der Waals surface area contributed by atoms with Gasteiger partial charge in [-0.15, -0.1) is 10.2 Å². The third-order valence-electron chi connectivity index (χ3n) is 5.19. The van der Waals surface area contributed by atoms with Crippen molar-refractivity contribution in [1.29, 1.82) is 0 Å². The van der Waals surface area contributed by atoms with Gasteiger partial charge in [-0.3, -0.25) is 9.36 Å². The van der Waals surface area contributed by atoms with Crippen LogP contribution in [0.15, 0.2) is 53.7 Å². The number of anilines is 1. The van der Waals surface area contributed by atoms with E-state index >= 15 is 0 Å². The Morgan fingerprint density at radius 1 is 1.16 bits per heavy atom. The third-order valence-corrected chi connectivity index (χ3v) is 6.34. The number of benzene rings is 2. The second-order valence-corrected chi connectivity index (χ2v) is 8.80. The highest BCUT2D eigenvalue weighted by Gasteiger charge is 2.23. The Balaban J connectivity index is 1.51. The molecule has 0 radical (unpaired) electrons. The van der Waals surface area contributed by atoms with Crippen LogP contribution in [-0.4, -0.2) is 51.5 Å². The zero-order valence-corrected chi connectivity index (χ0v) is 18.7. The van der Waals surface area contributed by atoms with Crippen molar-refractivity contribution in [3.8, 4) is 5.69 Å².